The van der Waals surface area contributed by atoms with Gasteiger partial charge in [-0.1, -0.05) is 24.3 Å². The molecule has 5 rings (SSSR count). The second-order valence-electron chi connectivity index (χ2n) is 10.6. The molecule has 9 nitrogen and oxygen atoms in total. The van der Waals surface area contributed by atoms with Crippen molar-refractivity contribution < 1.29 is 39.9 Å². The van der Waals surface area contributed by atoms with E-state index in [1.54, 1.807) is 0 Å². The predicted molar refractivity (Wildman–Crippen MR) is 144 cm³/mol. The molecule has 0 aromatic heterocycles. The molecule has 0 aliphatic heterocycles. The van der Waals surface area contributed by atoms with Gasteiger partial charge in [0, 0.05) is 41.3 Å². The fourth-order valence-electron chi connectivity index (χ4n) is 6.66. The second-order valence-corrected chi connectivity index (χ2v) is 10.6. The average Bonchev–Trinajstić information content (AvgIpc) is 3.26. The number of hydrogen-bond acceptors (Lipinski definition) is 8. The first-order valence-electron chi connectivity index (χ1n) is 12.6. The summed E-state index contributed by atoms with van der Waals surface area (Å²) < 4.78 is 5.62. The van der Waals surface area contributed by atoms with Crippen molar-refractivity contribution in [3.63, 3.8) is 0 Å². The number of fused-ring (bicyclic) bond motifs is 3. The van der Waals surface area contributed by atoms with Crippen molar-refractivity contribution in [2.75, 3.05) is 7.11 Å². The van der Waals surface area contributed by atoms with Crippen LogP contribution < -0.4 is 10.5 Å². The summed E-state index contributed by atoms with van der Waals surface area (Å²) in [6.07, 6.45) is 4.84. The van der Waals surface area contributed by atoms with Gasteiger partial charge in [0.2, 0.25) is 5.78 Å². The van der Waals surface area contributed by atoms with Crippen molar-refractivity contribution in [2.24, 2.45) is 5.73 Å². The number of unbranched alkanes of at least 4 members (excludes halogenated alkanes) is 1. The van der Waals surface area contributed by atoms with Crippen LogP contribution in [0, 0.1) is 0 Å². The number of aliphatic hydroxyl groups is 3. The molecule has 39 heavy (non-hydrogen) atoms. The van der Waals surface area contributed by atoms with E-state index in [1.807, 2.05) is 13.0 Å². The van der Waals surface area contributed by atoms with Crippen LogP contribution in [0.3, 0.4) is 0 Å². The lowest BCUT2D eigenvalue weighted by atomic mass is 9.58. The van der Waals surface area contributed by atoms with Gasteiger partial charge in [-0.25, -0.2) is 0 Å². The first-order chi connectivity index (χ1) is 18.3. The number of aromatic hydroxyl groups is 2. The lowest BCUT2D eigenvalue weighted by Gasteiger charge is -2.50. The number of methoxy groups -OCH3 is 1. The molecule has 0 spiro atoms. The van der Waals surface area contributed by atoms with Crippen molar-refractivity contribution in [3.05, 3.63) is 76.1 Å². The molecule has 204 valence electrons. The molecule has 2 aromatic carbocycles. The molecule has 3 atom stereocenters. The number of Topliss-reactive ketones (excluding diaryl/α,β-unsaturated/α-hetero) is 1. The SMILES string of the molecule is C=CCC/C=C(/C)C1Cc2c3c(c(O)c4c(O)cc(OC)c1c24)C(=O)[C@]1(O)C(=C)C(C(N)=O)=C(O)C[C@]1(O)C3. The maximum atomic E-state index is 14.0. The third kappa shape index (κ3) is 3.33. The fourth-order valence-corrected chi connectivity index (χ4v) is 6.66. The van der Waals surface area contributed by atoms with E-state index >= 15 is 0 Å². The fraction of sp³-hybridized carbons (Fsp3) is 0.333. The highest BCUT2D eigenvalue weighted by atomic mass is 16.5. The van der Waals surface area contributed by atoms with Gasteiger partial charge < -0.3 is 36.0 Å². The maximum Gasteiger partial charge on any atom is 0.252 e. The van der Waals surface area contributed by atoms with Crippen LogP contribution in [0.5, 0.6) is 17.2 Å². The Morgan fingerprint density at radius 3 is 2.49 bits per heavy atom. The first-order valence-corrected chi connectivity index (χ1v) is 12.6. The normalized spacial score (nSPS) is 26.1. The minimum absolute atomic E-state index is 0.0262. The summed E-state index contributed by atoms with van der Waals surface area (Å²) >= 11 is 0. The highest BCUT2D eigenvalue weighted by Gasteiger charge is 2.65. The molecular weight excluding hydrogens is 502 g/mol. The van der Waals surface area contributed by atoms with Gasteiger partial charge in [-0.05, 0) is 37.3 Å². The molecule has 0 bridgehead atoms. The predicted octanol–water partition coefficient (Wildman–Crippen LogP) is 3.27. The van der Waals surface area contributed by atoms with Crippen LogP contribution in [0.1, 0.15) is 59.2 Å². The van der Waals surface area contributed by atoms with E-state index in [2.05, 4.69) is 19.2 Å². The van der Waals surface area contributed by atoms with Crippen LogP contribution in [0.4, 0.5) is 0 Å². The summed E-state index contributed by atoms with van der Waals surface area (Å²) in [7, 11) is 1.48. The van der Waals surface area contributed by atoms with Crippen molar-refractivity contribution in [1.82, 2.24) is 0 Å². The Labute approximate surface area is 224 Å². The molecule has 2 aromatic rings. The summed E-state index contributed by atoms with van der Waals surface area (Å²) in [6.45, 7) is 9.37. The van der Waals surface area contributed by atoms with Gasteiger partial charge in [0.1, 0.15) is 28.6 Å². The molecule has 0 saturated heterocycles. The summed E-state index contributed by atoms with van der Waals surface area (Å²) in [4.78, 5) is 26.1. The molecular formula is C30H31NO8. The van der Waals surface area contributed by atoms with Crippen LogP contribution in [-0.2, 0) is 17.6 Å². The zero-order chi connectivity index (χ0) is 28.6. The molecule has 1 amide bonds. The van der Waals surface area contributed by atoms with Gasteiger partial charge in [0.05, 0.1) is 23.6 Å². The number of phenolic OH excluding ortho intramolecular Hbond substituents is 2. The van der Waals surface area contributed by atoms with E-state index in [0.717, 1.165) is 24.0 Å². The summed E-state index contributed by atoms with van der Waals surface area (Å²) in [6, 6.07) is 1.38. The Hall–Kier alpha value is -4.08. The van der Waals surface area contributed by atoms with Gasteiger partial charge in [-0.15, -0.1) is 6.58 Å². The molecule has 0 saturated carbocycles. The molecule has 1 unspecified atom stereocenters. The van der Waals surface area contributed by atoms with Gasteiger partial charge in [-0.2, -0.15) is 0 Å². The molecule has 0 fully saturated rings. The Kier molecular flexibility index (Phi) is 5.93. The van der Waals surface area contributed by atoms with Crippen LogP contribution in [0.15, 0.2) is 53.9 Å². The molecule has 7 N–H and O–H groups in total. The maximum absolute atomic E-state index is 14.0. The molecule has 0 radical (unpaired) electrons. The number of aliphatic hydroxyl groups excluding tert-OH is 1. The molecule has 3 aliphatic rings. The van der Waals surface area contributed by atoms with Gasteiger partial charge in [0.15, 0.2) is 5.60 Å². The van der Waals surface area contributed by atoms with Crippen LogP contribution in [0.25, 0.3) is 10.8 Å². The molecule has 3 aliphatic carbocycles. The minimum atomic E-state index is -2.75. The van der Waals surface area contributed by atoms with Crippen molar-refractivity contribution in [2.45, 2.75) is 56.1 Å². The number of carbonyl (C=O) groups excluding carboxylic acids is 2. The highest BCUT2D eigenvalue weighted by molar-refractivity contribution is 6.18. The van der Waals surface area contributed by atoms with E-state index in [-0.39, 0.29) is 34.6 Å². The Bertz CT molecular complexity index is 1580. The van der Waals surface area contributed by atoms with E-state index in [1.165, 1.54) is 13.2 Å². The average molecular weight is 534 g/mol. The number of nitrogens with two attached hydrogens (primary N) is 1. The third-order valence-electron chi connectivity index (χ3n) is 8.55. The number of rotatable bonds is 6. The van der Waals surface area contributed by atoms with E-state index in [0.29, 0.717) is 23.1 Å². The summed E-state index contributed by atoms with van der Waals surface area (Å²) in [5.74, 6) is -3.49. The third-order valence-corrected chi connectivity index (χ3v) is 8.55. The molecule has 9 heteroatoms. The Morgan fingerprint density at radius 2 is 1.87 bits per heavy atom. The van der Waals surface area contributed by atoms with Crippen LogP contribution in [-0.4, -0.2) is 55.5 Å². The topological polar surface area (TPSA) is 171 Å². The number of phenols is 2. The summed E-state index contributed by atoms with van der Waals surface area (Å²) in [5.41, 5.74) is 1.63. The van der Waals surface area contributed by atoms with Gasteiger partial charge in [0.25, 0.3) is 5.91 Å². The number of carbonyl (C=O) groups is 2. The van der Waals surface area contributed by atoms with Gasteiger partial charge in [-0.3, -0.25) is 9.59 Å². The zero-order valence-corrected chi connectivity index (χ0v) is 21.8. The van der Waals surface area contributed by atoms with E-state index < -0.39 is 52.0 Å². The largest absolute Gasteiger partial charge is 0.511 e. The number of ketones is 1. The highest BCUT2D eigenvalue weighted by Crippen LogP contribution is 2.58. The number of hydrogen-bond donors (Lipinski definition) is 6. The first kappa shape index (κ1) is 26.5. The van der Waals surface area contributed by atoms with Crippen molar-refractivity contribution in [1.29, 1.82) is 0 Å². The number of benzene rings is 2. The smallest absolute Gasteiger partial charge is 0.252 e. The summed E-state index contributed by atoms with van der Waals surface area (Å²) in [5, 5.41) is 57.0. The number of ether oxygens (including phenoxy) is 1. The quantitative estimate of drug-likeness (QED) is 0.243. The monoisotopic (exact) mass is 533 g/mol. The Balaban J connectivity index is 1.81. The van der Waals surface area contributed by atoms with Crippen molar-refractivity contribution in [3.8, 4) is 17.2 Å². The van der Waals surface area contributed by atoms with E-state index in [4.69, 9.17) is 10.5 Å². The lowest BCUT2D eigenvalue weighted by molar-refractivity contribution is -0.123. The standard InChI is InChI=1S/C30H31NO8/c1-5-6-7-8-13(2)15-9-16-17-11-29(37)12-19(33)21(28(31)36)14(3)30(29,38)27(35)24(17)26(34)25-18(32)10-20(39-4)22(15)23(16)25/h5,8,10,15,32-34,37-38H,1,3,6-7,9,11-12H2,2,4H3,(H2,31,36)/b13-8-/t15?,29-,30-/m1/s1. The minimum Gasteiger partial charge on any atom is -0.511 e. The van der Waals surface area contributed by atoms with Crippen LogP contribution in [0.2, 0.25) is 0 Å². The zero-order valence-electron chi connectivity index (χ0n) is 21.8. The van der Waals surface area contributed by atoms with Gasteiger partial charge >= 0.3 is 0 Å². The van der Waals surface area contributed by atoms with Crippen molar-refractivity contribution >= 4 is 22.5 Å². The van der Waals surface area contributed by atoms with E-state index in [9.17, 15) is 35.1 Å². The number of amides is 1. The lowest BCUT2D eigenvalue weighted by Crippen LogP contribution is -2.66. The second kappa shape index (κ2) is 8.72. The Morgan fingerprint density at radius 1 is 1.18 bits per heavy atom. The number of allylic oxidation sites excluding steroid dienone is 3. The number of primary amides is 1. The van der Waals surface area contributed by atoms with Crippen LogP contribution >= 0.6 is 0 Å². The molecule has 0 heterocycles.